The number of carbonyl (C=O) groups excluding carboxylic acids is 3. The molecule has 3 aromatic carbocycles. The number of hydrogen-bond donors (Lipinski definition) is 0. The zero-order chi connectivity index (χ0) is 29.5. The number of ketones is 3. The molecule has 0 fully saturated rings. The van der Waals surface area contributed by atoms with Crippen molar-refractivity contribution in [1.29, 1.82) is 0 Å². The molecule has 4 aromatic rings. The van der Waals surface area contributed by atoms with Crippen LogP contribution in [0.1, 0.15) is 64.6 Å². The van der Waals surface area contributed by atoms with Crippen LogP contribution in [0.2, 0.25) is 5.02 Å². The fraction of sp³-hybridized carbons (Fsp3) is 0.235. The number of Topliss-reactive ketones (excluding diaryl/α,β-unsaturated/α-hetero) is 3. The van der Waals surface area contributed by atoms with E-state index in [1.165, 1.54) is 30.9 Å². The Balaban J connectivity index is 1.75. The van der Waals surface area contributed by atoms with Gasteiger partial charge in [-0.15, -0.1) is 0 Å². The van der Waals surface area contributed by atoms with Gasteiger partial charge in [0, 0.05) is 47.0 Å². The Morgan fingerprint density at radius 2 is 1.61 bits per heavy atom. The molecule has 0 aliphatic rings. The molecule has 0 radical (unpaired) electrons. The van der Waals surface area contributed by atoms with Crippen molar-refractivity contribution in [3.8, 4) is 16.9 Å². The lowest BCUT2D eigenvalue weighted by Crippen LogP contribution is -2.32. The third-order valence-electron chi connectivity index (χ3n) is 7.03. The average Bonchev–Trinajstić information content (AvgIpc) is 2.96. The highest BCUT2D eigenvalue weighted by atomic mass is 35.5. The van der Waals surface area contributed by atoms with E-state index in [4.69, 9.17) is 16.3 Å². The van der Waals surface area contributed by atoms with Gasteiger partial charge in [0.1, 0.15) is 5.75 Å². The van der Waals surface area contributed by atoms with E-state index >= 15 is 0 Å². The molecule has 210 valence electrons. The van der Waals surface area contributed by atoms with E-state index in [1.807, 2.05) is 37.3 Å². The maximum Gasteiger partial charge on any atom is 0.252 e. The van der Waals surface area contributed by atoms with Crippen molar-refractivity contribution in [3.05, 3.63) is 123 Å². The molecule has 0 saturated heterocycles. The number of hydrogen-bond acceptors (Lipinski definition) is 5. The molecule has 0 saturated carbocycles. The van der Waals surface area contributed by atoms with E-state index in [2.05, 4.69) is 0 Å². The highest BCUT2D eigenvalue weighted by Crippen LogP contribution is 2.34. The number of carbonyl (C=O) groups is 3. The highest BCUT2D eigenvalue weighted by molar-refractivity contribution is 6.31. The van der Waals surface area contributed by atoms with Gasteiger partial charge in [-0.2, -0.15) is 0 Å². The normalized spacial score (nSPS) is 11.6. The summed E-state index contributed by atoms with van der Waals surface area (Å²) in [7, 11) is 1.47. The van der Waals surface area contributed by atoms with Crippen LogP contribution in [0.3, 0.4) is 0 Å². The van der Waals surface area contributed by atoms with E-state index in [0.717, 1.165) is 17.5 Å². The number of rotatable bonds is 12. The van der Waals surface area contributed by atoms with Crippen molar-refractivity contribution < 1.29 is 19.1 Å². The molecular weight excluding hydrogens is 538 g/mol. The van der Waals surface area contributed by atoms with Crippen LogP contribution in [-0.2, 0) is 17.6 Å². The van der Waals surface area contributed by atoms with E-state index < -0.39 is 11.6 Å². The van der Waals surface area contributed by atoms with Gasteiger partial charge >= 0.3 is 0 Å². The smallest absolute Gasteiger partial charge is 0.252 e. The Labute approximate surface area is 244 Å². The number of aromatic nitrogens is 1. The summed E-state index contributed by atoms with van der Waals surface area (Å²) < 4.78 is 7.06. The second-order valence-electron chi connectivity index (χ2n) is 9.97. The monoisotopic (exact) mass is 569 g/mol. The van der Waals surface area contributed by atoms with E-state index in [0.29, 0.717) is 45.9 Å². The third kappa shape index (κ3) is 7.08. The summed E-state index contributed by atoms with van der Waals surface area (Å²) in [5, 5.41) is 0.413. The maximum absolute atomic E-state index is 13.8. The van der Waals surface area contributed by atoms with Crippen LogP contribution < -0.4 is 10.3 Å². The minimum atomic E-state index is -0.819. The van der Waals surface area contributed by atoms with Gasteiger partial charge in [-0.05, 0) is 48.2 Å². The Hall–Kier alpha value is -4.29. The van der Waals surface area contributed by atoms with Crippen LogP contribution in [0.4, 0.5) is 0 Å². The van der Waals surface area contributed by atoms with Gasteiger partial charge in [0.25, 0.3) is 5.56 Å². The lowest BCUT2D eigenvalue weighted by Gasteiger charge is -2.22. The fourth-order valence-corrected chi connectivity index (χ4v) is 5.07. The number of nitrogens with zero attached hydrogens (tertiary/aromatic N) is 1. The van der Waals surface area contributed by atoms with Crippen LogP contribution in [0.5, 0.6) is 5.75 Å². The minimum Gasteiger partial charge on any atom is -0.495 e. The van der Waals surface area contributed by atoms with Crippen molar-refractivity contribution >= 4 is 29.0 Å². The van der Waals surface area contributed by atoms with Crippen molar-refractivity contribution in [2.75, 3.05) is 7.11 Å². The Kier molecular flexibility index (Phi) is 9.69. The SMILES string of the molecule is CCCC(=O)c1ccc(CC(=O)[C@H](Cc2ccccc2)n2cc(OC)c(-c3cc(Cl)ccc3C(C)=O)cc2=O)cc1. The standard InChI is InChI=1S/C34H32ClNO5/c1-4-8-31(38)25-13-11-24(12-14-25)18-32(39)30(17-23-9-6-5-7-10-23)36-21-33(41-3)29(20-34(36)40)28-19-26(35)15-16-27(28)22(2)37/h5-7,9-16,19-21,30H,4,8,17-18H2,1-3H3/t30-/m0/s1. The summed E-state index contributed by atoms with van der Waals surface area (Å²) in [5.74, 6) is 0.0609. The molecule has 0 bridgehead atoms. The van der Waals surface area contributed by atoms with Crippen LogP contribution in [0, 0.1) is 0 Å². The number of benzene rings is 3. The first-order valence-electron chi connectivity index (χ1n) is 13.5. The van der Waals surface area contributed by atoms with Crippen LogP contribution >= 0.6 is 11.6 Å². The quantitative estimate of drug-likeness (QED) is 0.172. The Morgan fingerprint density at radius 3 is 2.24 bits per heavy atom. The van der Waals surface area contributed by atoms with Gasteiger partial charge in [0.15, 0.2) is 17.3 Å². The van der Waals surface area contributed by atoms with Crippen molar-refractivity contribution in [2.45, 2.75) is 45.6 Å². The molecule has 0 N–H and O–H groups in total. The summed E-state index contributed by atoms with van der Waals surface area (Å²) in [6.45, 7) is 3.40. The zero-order valence-corrected chi connectivity index (χ0v) is 24.1. The van der Waals surface area contributed by atoms with Gasteiger partial charge in [-0.25, -0.2) is 0 Å². The second kappa shape index (κ2) is 13.4. The predicted molar refractivity (Wildman–Crippen MR) is 161 cm³/mol. The second-order valence-corrected chi connectivity index (χ2v) is 10.4. The van der Waals surface area contributed by atoms with E-state index in [1.54, 1.807) is 42.5 Å². The molecule has 0 spiro atoms. The molecule has 1 aromatic heterocycles. The number of halogens is 1. The minimum absolute atomic E-state index is 0.0682. The Morgan fingerprint density at radius 1 is 0.902 bits per heavy atom. The fourth-order valence-electron chi connectivity index (χ4n) is 4.90. The molecule has 6 nitrogen and oxygen atoms in total. The van der Waals surface area contributed by atoms with Gasteiger partial charge in [-0.3, -0.25) is 19.2 Å². The van der Waals surface area contributed by atoms with Crippen LogP contribution in [-0.4, -0.2) is 29.0 Å². The van der Waals surface area contributed by atoms with Crippen molar-refractivity contribution in [3.63, 3.8) is 0 Å². The maximum atomic E-state index is 13.8. The molecule has 0 unspecified atom stereocenters. The van der Waals surface area contributed by atoms with Crippen molar-refractivity contribution in [2.24, 2.45) is 0 Å². The lowest BCUT2D eigenvalue weighted by molar-refractivity contribution is -0.121. The van der Waals surface area contributed by atoms with E-state index in [-0.39, 0.29) is 23.8 Å². The third-order valence-corrected chi connectivity index (χ3v) is 7.26. The number of pyridine rings is 1. The summed E-state index contributed by atoms with van der Waals surface area (Å²) in [6, 6.07) is 22.0. The predicted octanol–water partition coefficient (Wildman–Crippen LogP) is 6.96. The molecule has 0 aliphatic heterocycles. The van der Waals surface area contributed by atoms with Gasteiger partial charge < -0.3 is 9.30 Å². The first kappa shape index (κ1) is 29.7. The molecule has 4 rings (SSSR count). The number of ether oxygens (including phenoxy) is 1. The zero-order valence-electron chi connectivity index (χ0n) is 23.4. The first-order valence-corrected chi connectivity index (χ1v) is 13.9. The molecule has 1 atom stereocenters. The van der Waals surface area contributed by atoms with Crippen LogP contribution in [0.25, 0.3) is 11.1 Å². The van der Waals surface area contributed by atoms with Gasteiger partial charge in [0.2, 0.25) is 0 Å². The van der Waals surface area contributed by atoms with Crippen molar-refractivity contribution in [1.82, 2.24) is 4.57 Å². The average molecular weight is 570 g/mol. The Bertz CT molecular complexity index is 1620. The topological polar surface area (TPSA) is 82.4 Å². The molecule has 41 heavy (non-hydrogen) atoms. The molecular formula is C34H32ClNO5. The molecule has 1 heterocycles. The molecule has 7 heteroatoms. The first-order chi connectivity index (χ1) is 19.7. The lowest BCUT2D eigenvalue weighted by atomic mass is 9.95. The summed E-state index contributed by atoms with van der Waals surface area (Å²) >= 11 is 6.24. The molecule has 0 amide bonds. The van der Waals surface area contributed by atoms with Gasteiger partial charge in [-0.1, -0.05) is 73.1 Å². The summed E-state index contributed by atoms with van der Waals surface area (Å²) in [6.07, 6.45) is 3.15. The highest BCUT2D eigenvalue weighted by Gasteiger charge is 2.25. The number of methoxy groups -OCH3 is 1. The van der Waals surface area contributed by atoms with Crippen LogP contribution in [0.15, 0.2) is 89.9 Å². The van der Waals surface area contributed by atoms with Gasteiger partial charge in [0.05, 0.1) is 19.3 Å². The summed E-state index contributed by atoms with van der Waals surface area (Å²) in [5.41, 5.74) is 3.16. The summed E-state index contributed by atoms with van der Waals surface area (Å²) in [4.78, 5) is 52.0. The largest absolute Gasteiger partial charge is 0.495 e. The molecule has 0 aliphatic carbocycles. The van der Waals surface area contributed by atoms with E-state index in [9.17, 15) is 19.2 Å².